The molecule has 90 valence electrons. The molecule has 0 spiro atoms. The van der Waals surface area contributed by atoms with Crippen molar-refractivity contribution in [3.8, 4) is 5.75 Å². The van der Waals surface area contributed by atoms with E-state index >= 15 is 0 Å². The SMILES string of the molecule is CCCC(O)(CN)c1cc(Cl)ccc1OC. The lowest BCUT2D eigenvalue weighted by Gasteiger charge is -2.28. The molecule has 0 saturated heterocycles. The number of hydrogen-bond donors (Lipinski definition) is 2. The maximum atomic E-state index is 10.5. The maximum absolute atomic E-state index is 10.5. The van der Waals surface area contributed by atoms with Crippen molar-refractivity contribution in [3.63, 3.8) is 0 Å². The lowest BCUT2D eigenvalue weighted by molar-refractivity contribution is 0.0336. The normalized spacial score (nSPS) is 14.6. The van der Waals surface area contributed by atoms with Crippen molar-refractivity contribution in [1.82, 2.24) is 0 Å². The number of nitrogens with two attached hydrogens (primary N) is 1. The molecule has 0 fully saturated rings. The van der Waals surface area contributed by atoms with E-state index in [0.29, 0.717) is 22.8 Å². The zero-order chi connectivity index (χ0) is 12.2. The number of hydrogen-bond acceptors (Lipinski definition) is 3. The lowest BCUT2D eigenvalue weighted by atomic mass is 9.88. The summed E-state index contributed by atoms with van der Waals surface area (Å²) in [4.78, 5) is 0. The van der Waals surface area contributed by atoms with Gasteiger partial charge in [-0.25, -0.2) is 0 Å². The third-order valence-corrected chi connectivity index (χ3v) is 2.90. The molecule has 1 aromatic rings. The highest BCUT2D eigenvalue weighted by Crippen LogP contribution is 2.34. The molecule has 1 rings (SSSR count). The first-order valence-corrected chi connectivity index (χ1v) is 5.71. The van der Waals surface area contributed by atoms with E-state index in [-0.39, 0.29) is 6.54 Å². The van der Waals surface area contributed by atoms with Crippen LogP contribution in [0.3, 0.4) is 0 Å². The van der Waals surface area contributed by atoms with Gasteiger partial charge in [0.1, 0.15) is 11.4 Å². The van der Waals surface area contributed by atoms with E-state index < -0.39 is 5.60 Å². The van der Waals surface area contributed by atoms with E-state index in [0.717, 1.165) is 6.42 Å². The number of halogens is 1. The van der Waals surface area contributed by atoms with Gasteiger partial charge in [-0.05, 0) is 24.6 Å². The molecule has 1 unspecified atom stereocenters. The van der Waals surface area contributed by atoms with E-state index in [1.165, 1.54) is 0 Å². The Bertz CT molecular complexity index is 357. The summed E-state index contributed by atoms with van der Waals surface area (Å²) in [7, 11) is 1.57. The fourth-order valence-corrected chi connectivity index (χ4v) is 1.98. The van der Waals surface area contributed by atoms with Crippen LogP contribution >= 0.6 is 11.6 Å². The van der Waals surface area contributed by atoms with Gasteiger partial charge < -0.3 is 15.6 Å². The van der Waals surface area contributed by atoms with Gasteiger partial charge in [0, 0.05) is 17.1 Å². The molecule has 0 bridgehead atoms. The minimum atomic E-state index is -1.06. The molecule has 3 N–H and O–H groups in total. The molecular formula is C12H18ClNO2. The molecule has 0 saturated carbocycles. The first-order valence-electron chi connectivity index (χ1n) is 5.34. The van der Waals surface area contributed by atoms with Crippen LogP contribution in [-0.4, -0.2) is 18.8 Å². The average molecular weight is 244 g/mol. The fraction of sp³-hybridized carbons (Fsp3) is 0.500. The zero-order valence-electron chi connectivity index (χ0n) is 9.66. The monoisotopic (exact) mass is 243 g/mol. The summed E-state index contributed by atoms with van der Waals surface area (Å²) in [5.74, 6) is 0.616. The van der Waals surface area contributed by atoms with E-state index in [2.05, 4.69) is 0 Å². The Balaban J connectivity index is 3.21. The second-order valence-electron chi connectivity index (χ2n) is 3.83. The number of benzene rings is 1. The van der Waals surface area contributed by atoms with E-state index in [1.807, 2.05) is 6.92 Å². The topological polar surface area (TPSA) is 55.5 Å². The first-order chi connectivity index (χ1) is 7.57. The molecule has 0 radical (unpaired) electrons. The Morgan fingerprint density at radius 3 is 2.69 bits per heavy atom. The fourth-order valence-electron chi connectivity index (χ4n) is 1.80. The van der Waals surface area contributed by atoms with Crippen LogP contribution in [0.5, 0.6) is 5.75 Å². The molecule has 1 aromatic carbocycles. The summed E-state index contributed by atoms with van der Waals surface area (Å²) in [5, 5.41) is 11.0. The number of aliphatic hydroxyl groups is 1. The smallest absolute Gasteiger partial charge is 0.125 e. The standard InChI is InChI=1S/C12H18ClNO2/c1-3-6-12(15,8-14)10-7-9(13)4-5-11(10)16-2/h4-5,7,15H,3,6,8,14H2,1-2H3. The van der Waals surface area contributed by atoms with Gasteiger partial charge >= 0.3 is 0 Å². The minimum absolute atomic E-state index is 0.150. The molecule has 0 heterocycles. The minimum Gasteiger partial charge on any atom is -0.496 e. The first kappa shape index (κ1) is 13.3. The molecule has 16 heavy (non-hydrogen) atoms. The van der Waals surface area contributed by atoms with Gasteiger partial charge in [-0.3, -0.25) is 0 Å². The van der Waals surface area contributed by atoms with Gasteiger partial charge in [-0.15, -0.1) is 0 Å². The van der Waals surface area contributed by atoms with Gasteiger partial charge in [0.15, 0.2) is 0 Å². The van der Waals surface area contributed by atoms with Gasteiger partial charge in [0.25, 0.3) is 0 Å². The van der Waals surface area contributed by atoms with E-state index in [9.17, 15) is 5.11 Å². The molecule has 4 heteroatoms. The summed E-state index contributed by atoms with van der Waals surface area (Å²) in [6.07, 6.45) is 1.42. The molecular weight excluding hydrogens is 226 g/mol. The molecule has 3 nitrogen and oxygen atoms in total. The van der Waals surface area contributed by atoms with Crippen molar-refractivity contribution in [2.24, 2.45) is 5.73 Å². The van der Waals surface area contributed by atoms with Crippen LogP contribution in [0.1, 0.15) is 25.3 Å². The summed E-state index contributed by atoms with van der Waals surface area (Å²) < 4.78 is 5.22. The van der Waals surface area contributed by atoms with Crippen molar-refractivity contribution >= 4 is 11.6 Å². The lowest BCUT2D eigenvalue weighted by Crippen LogP contribution is -2.35. The highest BCUT2D eigenvalue weighted by Gasteiger charge is 2.30. The summed E-state index contributed by atoms with van der Waals surface area (Å²) in [6.45, 7) is 2.15. The van der Waals surface area contributed by atoms with E-state index in [1.54, 1.807) is 25.3 Å². The van der Waals surface area contributed by atoms with Crippen molar-refractivity contribution in [2.45, 2.75) is 25.4 Å². The zero-order valence-corrected chi connectivity index (χ0v) is 10.4. The number of methoxy groups -OCH3 is 1. The quantitative estimate of drug-likeness (QED) is 0.834. The second kappa shape index (κ2) is 5.53. The Labute approximate surface area is 101 Å². The van der Waals surface area contributed by atoms with Gasteiger partial charge in [0.2, 0.25) is 0 Å². The van der Waals surface area contributed by atoms with Crippen LogP contribution < -0.4 is 10.5 Å². The Kier molecular flexibility index (Phi) is 4.59. The molecule has 0 aromatic heterocycles. The molecule has 0 amide bonds. The number of rotatable bonds is 5. The Morgan fingerprint density at radius 1 is 1.50 bits per heavy atom. The van der Waals surface area contributed by atoms with Gasteiger partial charge in [-0.2, -0.15) is 0 Å². The maximum Gasteiger partial charge on any atom is 0.125 e. The Morgan fingerprint density at radius 2 is 2.19 bits per heavy atom. The van der Waals surface area contributed by atoms with Gasteiger partial charge in [-0.1, -0.05) is 24.9 Å². The van der Waals surface area contributed by atoms with Crippen LogP contribution in [0.15, 0.2) is 18.2 Å². The van der Waals surface area contributed by atoms with Crippen molar-refractivity contribution < 1.29 is 9.84 Å². The average Bonchev–Trinajstić information content (AvgIpc) is 2.29. The largest absolute Gasteiger partial charge is 0.496 e. The number of ether oxygens (including phenoxy) is 1. The van der Waals surface area contributed by atoms with Gasteiger partial charge in [0.05, 0.1) is 7.11 Å². The van der Waals surface area contributed by atoms with Crippen molar-refractivity contribution in [3.05, 3.63) is 28.8 Å². The van der Waals surface area contributed by atoms with Crippen LogP contribution in [0, 0.1) is 0 Å². The van der Waals surface area contributed by atoms with E-state index in [4.69, 9.17) is 22.1 Å². The summed E-state index contributed by atoms with van der Waals surface area (Å²) >= 11 is 5.93. The van der Waals surface area contributed by atoms with Crippen molar-refractivity contribution in [1.29, 1.82) is 0 Å². The third-order valence-electron chi connectivity index (χ3n) is 2.66. The van der Waals surface area contributed by atoms with Crippen LogP contribution in [0.2, 0.25) is 5.02 Å². The second-order valence-corrected chi connectivity index (χ2v) is 4.27. The summed E-state index contributed by atoms with van der Waals surface area (Å²) in [5.41, 5.74) is 5.24. The molecule has 1 atom stereocenters. The Hall–Kier alpha value is -0.770. The van der Waals surface area contributed by atoms with Crippen LogP contribution in [0.4, 0.5) is 0 Å². The van der Waals surface area contributed by atoms with Crippen LogP contribution in [0.25, 0.3) is 0 Å². The molecule has 0 aliphatic carbocycles. The third kappa shape index (κ3) is 2.67. The highest BCUT2D eigenvalue weighted by atomic mass is 35.5. The molecule has 0 aliphatic rings. The highest BCUT2D eigenvalue weighted by molar-refractivity contribution is 6.30. The predicted octanol–water partition coefficient (Wildman–Crippen LogP) is 2.29. The van der Waals surface area contributed by atoms with Crippen LogP contribution in [-0.2, 0) is 5.60 Å². The predicted molar refractivity (Wildman–Crippen MR) is 65.9 cm³/mol. The van der Waals surface area contributed by atoms with Crippen molar-refractivity contribution in [2.75, 3.05) is 13.7 Å². The summed E-state index contributed by atoms with van der Waals surface area (Å²) in [6, 6.07) is 5.18. The molecule has 0 aliphatic heterocycles.